The minimum Gasteiger partial charge on any atom is -0.454 e. The lowest BCUT2D eigenvalue weighted by atomic mass is 9.87. The van der Waals surface area contributed by atoms with Crippen LogP contribution < -0.4 is 14.8 Å². The van der Waals surface area contributed by atoms with Crippen molar-refractivity contribution >= 4 is 11.9 Å². The van der Waals surface area contributed by atoms with Crippen molar-refractivity contribution in [2.75, 3.05) is 13.4 Å². The molecule has 0 unspecified atom stereocenters. The van der Waals surface area contributed by atoms with Crippen LogP contribution in [-0.2, 0) is 27.9 Å². The van der Waals surface area contributed by atoms with Gasteiger partial charge in [-0.25, -0.2) is 4.79 Å². The van der Waals surface area contributed by atoms with E-state index in [-0.39, 0.29) is 14.0 Å². The van der Waals surface area contributed by atoms with Gasteiger partial charge in [-0.1, -0.05) is 48.5 Å². The van der Waals surface area contributed by atoms with Crippen LogP contribution in [0.5, 0.6) is 11.5 Å². The number of ether oxygens (including phenoxy) is 3. The maximum absolute atomic E-state index is 13.4. The van der Waals surface area contributed by atoms with Gasteiger partial charge in [0.15, 0.2) is 11.5 Å². The number of hydrogen-bond acceptors (Lipinski definition) is 5. The number of carbonyl (C=O) groups excluding carboxylic acids is 2. The van der Waals surface area contributed by atoms with E-state index in [0.29, 0.717) is 19.6 Å². The molecule has 35 heavy (non-hydrogen) atoms. The predicted octanol–water partition coefficient (Wildman–Crippen LogP) is 5.73. The largest absolute Gasteiger partial charge is 0.454 e. The number of rotatable bonds is 8. The Balaban J connectivity index is 0.00000304. The molecule has 1 fully saturated rings. The van der Waals surface area contributed by atoms with Crippen LogP contribution in [0.1, 0.15) is 43.4 Å². The van der Waals surface area contributed by atoms with Crippen LogP contribution in [0.4, 0.5) is 4.79 Å². The molecule has 5 rings (SSSR count). The van der Waals surface area contributed by atoms with E-state index in [1.54, 1.807) is 6.92 Å². The average Bonchev–Trinajstić information content (AvgIpc) is 3.55. The summed E-state index contributed by atoms with van der Waals surface area (Å²) in [5, 5.41) is 2.73. The Morgan fingerprint density at radius 2 is 1.71 bits per heavy atom. The normalized spacial score (nSPS) is 14.9. The van der Waals surface area contributed by atoms with Gasteiger partial charge in [0.25, 0.3) is 0 Å². The van der Waals surface area contributed by atoms with Crippen molar-refractivity contribution in [1.82, 2.24) is 5.32 Å². The number of hydrogen-bond donors (Lipinski definition) is 1. The molecule has 0 aromatic heterocycles. The topological polar surface area (TPSA) is 73.9 Å². The standard InChI is InChI=1S/C29H29NO5.H2/c1-3-33-28(32)30-17-20-6-8-22(9-7-20)24-14-21(5-4-19(24)2)15-27(31)29(12-13-29)23-10-11-25-26(16-23)35-18-34-25;/h4-11,14,16H,3,12-13,15,17-18H2,1-2H3,(H,30,32);1H. The van der Waals surface area contributed by atoms with Gasteiger partial charge in [0, 0.05) is 14.4 Å². The number of nitrogens with one attached hydrogen (secondary N) is 1. The zero-order valence-electron chi connectivity index (χ0n) is 20.1. The second-order valence-corrected chi connectivity index (χ2v) is 9.17. The molecule has 0 atom stereocenters. The third-order valence-corrected chi connectivity index (χ3v) is 6.85. The highest BCUT2D eigenvalue weighted by molar-refractivity contribution is 5.95. The maximum Gasteiger partial charge on any atom is 0.407 e. The van der Waals surface area contributed by atoms with Crippen LogP contribution in [0, 0.1) is 6.92 Å². The molecule has 1 amide bonds. The maximum atomic E-state index is 13.4. The number of amides is 1. The molecule has 1 saturated carbocycles. The van der Waals surface area contributed by atoms with Gasteiger partial charge in [0.05, 0.1) is 12.0 Å². The minimum absolute atomic E-state index is 0. The minimum atomic E-state index is -0.418. The Morgan fingerprint density at radius 1 is 0.971 bits per heavy atom. The summed E-state index contributed by atoms with van der Waals surface area (Å²) in [6, 6.07) is 20.2. The van der Waals surface area contributed by atoms with E-state index in [1.165, 1.54) is 0 Å². The molecule has 0 bridgehead atoms. The van der Waals surface area contributed by atoms with Gasteiger partial charge in [0.1, 0.15) is 5.78 Å². The number of benzene rings is 3. The number of fused-ring (bicyclic) bond motifs is 1. The number of carbonyl (C=O) groups is 2. The molecule has 3 aromatic carbocycles. The second-order valence-electron chi connectivity index (χ2n) is 9.17. The molecule has 1 aliphatic heterocycles. The third kappa shape index (κ3) is 4.74. The second kappa shape index (κ2) is 9.45. The molecule has 1 aliphatic carbocycles. The van der Waals surface area contributed by atoms with Gasteiger partial charge in [-0.05, 0) is 72.2 Å². The summed E-state index contributed by atoms with van der Waals surface area (Å²) in [6.07, 6.45) is 1.71. The van der Waals surface area contributed by atoms with Crippen LogP contribution >= 0.6 is 0 Å². The average molecular weight is 474 g/mol. The lowest BCUT2D eigenvalue weighted by Crippen LogP contribution is -2.23. The van der Waals surface area contributed by atoms with E-state index in [1.807, 2.05) is 48.5 Å². The fourth-order valence-electron chi connectivity index (χ4n) is 4.65. The van der Waals surface area contributed by atoms with E-state index in [4.69, 9.17) is 14.2 Å². The lowest BCUT2D eigenvalue weighted by Gasteiger charge is -2.16. The molecule has 1 heterocycles. The summed E-state index contributed by atoms with van der Waals surface area (Å²) in [7, 11) is 0. The van der Waals surface area contributed by atoms with Crippen LogP contribution in [0.2, 0.25) is 0 Å². The fourth-order valence-corrected chi connectivity index (χ4v) is 4.65. The predicted molar refractivity (Wildman–Crippen MR) is 135 cm³/mol. The Labute approximate surface area is 206 Å². The van der Waals surface area contributed by atoms with Crippen molar-refractivity contribution in [2.45, 2.75) is 45.1 Å². The molecule has 6 heteroatoms. The first kappa shape index (κ1) is 23.0. The van der Waals surface area contributed by atoms with Gasteiger partial charge < -0.3 is 19.5 Å². The molecule has 0 spiro atoms. The number of aryl methyl sites for hydroxylation is 1. The molecular weight excluding hydrogens is 442 g/mol. The molecular formula is C29H31NO5. The Morgan fingerprint density at radius 3 is 2.46 bits per heavy atom. The van der Waals surface area contributed by atoms with Crippen molar-refractivity contribution in [3.63, 3.8) is 0 Å². The zero-order valence-corrected chi connectivity index (χ0v) is 20.1. The molecule has 0 radical (unpaired) electrons. The first-order valence-electron chi connectivity index (χ1n) is 12.0. The van der Waals surface area contributed by atoms with Crippen molar-refractivity contribution in [3.05, 3.63) is 82.9 Å². The molecule has 0 saturated heterocycles. The first-order chi connectivity index (χ1) is 17.0. The summed E-state index contributed by atoms with van der Waals surface area (Å²) < 4.78 is 15.8. The Kier molecular flexibility index (Phi) is 6.20. The molecule has 2 aliphatic rings. The number of Topliss-reactive ketones (excluding diaryl/α,β-unsaturated/α-hetero) is 1. The number of alkyl carbamates (subject to hydrolysis) is 1. The van der Waals surface area contributed by atoms with E-state index < -0.39 is 11.5 Å². The summed E-state index contributed by atoms with van der Waals surface area (Å²) in [6.45, 7) is 4.84. The van der Waals surface area contributed by atoms with E-state index in [0.717, 1.165) is 57.7 Å². The van der Waals surface area contributed by atoms with Crippen LogP contribution in [0.15, 0.2) is 60.7 Å². The van der Waals surface area contributed by atoms with Crippen molar-refractivity contribution in [1.29, 1.82) is 0 Å². The van der Waals surface area contributed by atoms with Gasteiger partial charge in [-0.2, -0.15) is 0 Å². The molecule has 6 nitrogen and oxygen atoms in total. The number of ketones is 1. The fraction of sp³-hybridized carbons (Fsp3) is 0.310. The highest BCUT2D eigenvalue weighted by Crippen LogP contribution is 2.51. The Hall–Kier alpha value is -3.80. The van der Waals surface area contributed by atoms with Crippen LogP contribution in [0.25, 0.3) is 11.1 Å². The third-order valence-electron chi connectivity index (χ3n) is 6.85. The first-order valence-corrected chi connectivity index (χ1v) is 12.0. The molecule has 182 valence electrons. The van der Waals surface area contributed by atoms with E-state index in [2.05, 4.69) is 24.4 Å². The van der Waals surface area contributed by atoms with Gasteiger partial charge in [0.2, 0.25) is 6.79 Å². The summed E-state index contributed by atoms with van der Waals surface area (Å²) >= 11 is 0. The van der Waals surface area contributed by atoms with E-state index in [9.17, 15) is 9.59 Å². The van der Waals surface area contributed by atoms with Gasteiger partial charge in [-0.15, -0.1) is 0 Å². The summed E-state index contributed by atoms with van der Waals surface area (Å²) in [4.78, 5) is 24.9. The molecule has 3 aromatic rings. The van der Waals surface area contributed by atoms with E-state index >= 15 is 0 Å². The SMILES string of the molecule is CCOC(=O)NCc1ccc(-c2cc(CC(=O)C3(c4ccc5c(c4)OCO5)CC3)ccc2C)cc1.[HH]. The van der Waals surface area contributed by atoms with Crippen LogP contribution in [0.3, 0.4) is 0 Å². The zero-order chi connectivity index (χ0) is 24.4. The van der Waals surface area contributed by atoms with Gasteiger partial charge in [-0.3, -0.25) is 4.79 Å². The van der Waals surface area contributed by atoms with Crippen molar-refractivity contribution in [3.8, 4) is 22.6 Å². The van der Waals surface area contributed by atoms with Crippen LogP contribution in [-0.4, -0.2) is 25.3 Å². The quantitative estimate of drug-likeness (QED) is 0.453. The highest BCUT2D eigenvalue weighted by atomic mass is 16.7. The van der Waals surface area contributed by atoms with Crippen molar-refractivity contribution < 1.29 is 25.2 Å². The van der Waals surface area contributed by atoms with Gasteiger partial charge >= 0.3 is 6.09 Å². The smallest absolute Gasteiger partial charge is 0.407 e. The van der Waals surface area contributed by atoms with Crippen molar-refractivity contribution in [2.24, 2.45) is 0 Å². The monoisotopic (exact) mass is 473 g/mol. The molecule has 1 N–H and O–H groups in total. The highest BCUT2D eigenvalue weighted by Gasteiger charge is 2.50. The summed E-state index contributed by atoms with van der Waals surface area (Å²) in [5.41, 5.74) is 5.93. The Bertz CT molecular complexity index is 1270. The summed E-state index contributed by atoms with van der Waals surface area (Å²) in [5.74, 6) is 1.70. The lowest BCUT2D eigenvalue weighted by molar-refractivity contribution is -0.120.